The maximum atomic E-state index is 9.47. The molecule has 0 fully saturated rings. The highest BCUT2D eigenvalue weighted by Gasteiger charge is 2.24. The quantitative estimate of drug-likeness (QED) is 0.835. The maximum Gasteiger partial charge on any atom is 0.115 e. The Balaban J connectivity index is 2.07. The molecule has 0 saturated heterocycles. The lowest BCUT2D eigenvalue weighted by Gasteiger charge is -2.24. The highest BCUT2D eigenvalue weighted by molar-refractivity contribution is 5.40. The first-order valence-corrected chi connectivity index (χ1v) is 6.69. The summed E-state index contributed by atoms with van der Waals surface area (Å²) in [7, 11) is 0. The van der Waals surface area contributed by atoms with Gasteiger partial charge in [-0.1, -0.05) is 26.3 Å². The van der Waals surface area contributed by atoms with Crippen LogP contribution in [0.3, 0.4) is 0 Å². The van der Waals surface area contributed by atoms with Crippen molar-refractivity contribution in [1.82, 2.24) is 5.32 Å². The summed E-state index contributed by atoms with van der Waals surface area (Å²) in [6.45, 7) is 6.81. The van der Waals surface area contributed by atoms with E-state index < -0.39 is 0 Å². The zero-order chi connectivity index (χ0) is 12.4. The molecule has 2 N–H and O–H groups in total. The minimum atomic E-state index is 0.388. The molecule has 17 heavy (non-hydrogen) atoms. The van der Waals surface area contributed by atoms with E-state index in [2.05, 4.69) is 32.2 Å². The summed E-state index contributed by atoms with van der Waals surface area (Å²) < 4.78 is 0. The first-order chi connectivity index (χ1) is 8.11. The number of rotatable bonds is 4. The van der Waals surface area contributed by atoms with E-state index in [0.29, 0.717) is 23.8 Å². The topological polar surface area (TPSA) is 32.3 Å². The van der Waals surface area contributed by atoms with E-state index in [4.69, 9.17) is 0 Å². The van der Waals surface area contributed by atoms with Gasteiger partial charge in [0.1, 0.15) is 5.75 Å². The van der Waals surface area contributed by atoms with Crippen LogP contribution in [0.2, 0.25) is 0 Å². The summed E-state index contributed by atoms with van der Waals surface area (Å²) in [5.41, 5.74) is 2.68. The molecule has 0 amide bonds. The van der Waals surface area contributed by atoms with Crippen LogP contribution in [0.15, 0.2) is 18.2 Å². The summed E-state index contributed by atoms with van der Waals surface area (Å²) in [6, 6.07) is 6.79. The van der Waals surface area contributed by atoms with Crippen molar-refractivity contribution in [3.05, 3.63) is 29.3 Å². The van der Waals surface area contributed by atoms with Crippen molar-refractivity contribution in [2.24, 2.45) is 5.92 Å². The molecule has 0 saturated carbocycles. The van der Waals surface area contributed by atoms with Gasteiger partial charge in [-0.25, -0.2) is 0 Å². The Morgan fingerprint density at radius 2 is 2.18 bits per heavy atom. The van der Waals surface area contributed by atoms with Crippen LogP contribution in [0.25, 0.3) is 0 Å². The summed E-state index contributed by atoms with van der Waals surface area (Å²) in [5, 5.41) is 13.2. The number of fused-ring (bicyclic) bond motifs is 1. The molecule has 1 aliphatic rings. The number of aromatic hydroxyl groups is 1. The Morgan fingerprint density at radius 3 is 2.88 bits per heavy atom. The van der Waals surface area contributed by atoms with E-state index in [0.717, 1.165) is 12.8 Å². The zero-order valence-corrected chi connectivity index (χ0v) is 11.0. The van der Waals surface area contributed by atoms with Crippen molar-refractivity contribution >= 4 is 0 Å². The van der Waals surface area contributed by atoms with Gasteiger partial charge in [0.2, 0.25) is 0 Å². The molecule has 0 aliphatic heterocycles. The van der Waals surface area contributed by atoms with Gasteiger partial charge in [-0.3, -0.25) is 0 Å². The summed E-state index contributed by atoms with van der Waals surface area (Å²) in [4.78, 5) is 0. The molecule has 2 heteroatoms. The predicted octanol–water partition coefficient (Wildman–Crippen LogP) is 3.40. The van der Waals surface area contributed by atoms with Crippen molar-refractivity contribution in [3.8, 4) is 5.75 Å². The Bertz CT molecular complexity index is 389. The van der Waals surface area contributed by atoms with Crippen molar-refractivity contribution < 1.29 is 5.11 Å². The molecule has 1 aromatic carbocycles. The van der Waals surface area contributed by atoms with Crippen molar-refractivity contribution in [2.75, 3.05) is 0 Å². The first kappa shape index (κ1) is 12.4. The highest BCUT2D eigenvalue weighted by atomic mass is 16.3. The standard InChI is InChI=1S/C15H23NO/c1-4-10(2)11(3)16-15-8-5-12-9-13(17)6-7-14(12)15/h6-7,9-11,15-17H,4-5,8H2,1-3H3. The van der Waals surface area contributed by atoms with E-state index in [1.165, 1.54) is 17.5 Å². The molecule has 1 aliphatic carbocycles. The fraction of sp³-hybridized carbons (Fsp3) is 0.600. The molecule has 0 bridgehead atoms. The predicted molar refractivity (Wildman–Crippen MR) is 71.2 cm³/mol. The third-order valence-electron chi connectivity index (χ3n) is 4.17. The lowest BCUT2D eigenvalue weighted by molar-refractivity contribution is 0.349. The van der Waals surface area contributed by atoms with Gasteiger partial charge in [0.05, 0.1) is 0 Å². The SMILES string of the molecule is CCC(C)C(C)NC1CCc2cc(O)ccc21. The van der Waals surface area contributed by atoms with Crippen LogP contribution in [-0.4, -0.2) is 11.1 Å². The average molecular weight is 233 g/mol. The summed E-state index contributed by atoms with van der Waals surface area (Å²) in [6.07, 6.45) is 3.44. The molecule has 3 unspecified atom stereocenters. The van der Waals surface area contributed by atoms with E-state index in [1.54, 1.807) is 6.07 Å². The minimum absolute atomic E-state index is 0.388. The van der Waals surface area contributed by atoms with E-state index >= 15 is 0 Å². The normalized spacial score (nSPS) is 22.2. The zero-order valence-electron chi connectivity index (χ0n) is 11.0. The van der Waals surface area contributed by atoms with Crippen molar-refractivity contribution in [3.63, 3.8) is 0 Å². The van der Waals surface area contributed by atoms with Crippen LogP contribution in [0.5, 0.6) is 5.75 Å². The Labute approximate surface area is 104 Å². The average Bonchev–Trinajstić information content (AvgIpc) is 2.70. The van der Waals surface area contributed by atoms with Crippen LogP contribution in [0.4, 0.5) is 0 Å². The molecule has 3 atom stereocenters. The third-order valence-corrected chi connectivity index (χ3v) is 4.17. The molecule has 2 rings (SSSR count). The van der Waals surface area contributed by atoms with Crippen LogP contribution >= 0.6 is 0 Å². The number of benzene rings is 1. The Morgan fingerprint density at radius 1 is 1.41 bits per heavy atom. The summed E-state index contributed by atoms with van der Waals surface area (Å²) in [5.74, 6) is 1.09. The molecule has 0 radical (unpaired) electrons. The molecular weight excluding hydrogens is 210 g/mol. The van der Waals surface area contributed by atoms with Gasteiger partial charge in [-0.2, -0.15) is 0 Å². The van der Waals surface area contributed by atoms with Gasteiger partial charge in [0, 0.05) is 12.1 Å². The second-order valence-corrected chi connectivity index (χ2v) is 5.32. The van der Waals surface area contributed by atoms with Crippen LogP contribution < -0.4 is 5.32 Å². The minimum Gasteiger partial charge on any atom is -0.508 e. The van der Waals surface area contributed by atoms with Gasteiger partial charge in [0.15, 0.2) is 0 Å². The fourth-order valence-electron chi connectivity index (χ4n) is 2.61. The smallest absolute Gasteiger partial charge is 0.115 e. The van der Waals surface area contributed by atoms with Crippen LogP contribution in [0, 0.1) is 5.92 Å². The largest absolute Gasteiger partial charge is 0.508 e. The van der Waals surface area contributed by atoms with Crippen LogP contribution in [0.1, 0.15) is 50.8 Å². The van der Waals surface area contributed by atoms with Gasteiger partial charge in [0.25, 0.3) is 0 Å². The Hall–Kier alpha value is -1.02. The number of nitrogens with one attached hydrogen (secondary N) is 1. The number of aryl methyl sites for hydroxylation is 1. The van der Waals surface area contributed by atoms with E-state index in [-0.39, 0.29) is 0 Å². The molecule has 1 aromatic rings. The first-order valence-electron chi connectivity index (χ1n) is 6.69. The maximum absolute atomic E-state index is 9.47. The molecule has 0 spiro atoms. The number of hydrogen-bond acceptors (Lipinski definition) is 2. The number of hydrogen-bond donors (Lipinski definition) is 2. The van der Waals surface area contributed by atoms with E-state index in [9.17, 15) is 5.11 Å². The second-order valence-electron chi connectivity index (χ2n) is 5.32. The van der Waals surface area contributed by atoms with Crippen molar-refractivity contribution in [1.29, 1.82) is 0 Å². The third kappa shape index (κ3) is 2.63. The van der Waals surface area contributed by atoms with Gasteiger partial charge < -0.3 is 10.4 Å². The lowest BCUT2D eigenvalue weighted by Crippen LogP contribution is -2.34. The summed E-state index contributed by atoms with van der Waals surface area (Å²) >= 11 is 0. The van der Waals surface area contributed by atoms with Crippen molar-refractivity contribution in [2.45, 2.75) is 52.1 Å². The number of phenols is 1. The van der Waals surface area contributed by atoms with Gasteiger partial charge in [-0.15, -0.1) is 0 Å². The van der Waals surface area contributed by atoms with E-state index in [1.807, 2.05) is 6.07 Å². The Kier molecular flexibility index (Phi) is 3.72. The lowest BCUT2D eigenvalue weighted by atomic mass is 9.99. The highest BCUT2D eigenvalue weighted by Crippen LogP contribution is 2.33. The van der Waals surface area contributed by atoms with Gasteiger partial charge >= 0.3 is 0 Å². The molecule has 94 valence electrons. The second kappa shape index (κ2) is 5.09. The van der Waals surface area contributed by atoms with Gasteiger partial charge in [-0.05, 0) is 48.9 Å². The number of phenolic OH excluding ortho intramolecular Hbond substituents is 1. The molecule has 0 heterocycles. The fourth-order valence-corrected chi connectivity index (χ4v) is 2.61. The molecule has 2 nitrogen and oxygen atoms in total. The molecule has 0 aromatic heterocycles. The molecular formula is C15H23NO. The van der Waals surface area contributed by atoms with Crippen LogP contribution in [-0.2, 0) is 6.42 Å². The monoisotopic (exact) mass is 233 g/mol.